The van der Waals surface area contributed by atoms with E-state index in [4.69, 9.17) is 17.3 Å². The van der Waals surface area contributed by atoms with Gasteiger partial charge >= 0.3 is 0 Å². The van der Waals surface area contributed by atoms with Crippen LogP contribution < -0.4 is 10.5 Å². The van der Waals surface area contributed by atoms with Crippen molar-refractivity contribution in [2.75, 3.05) is 10.5 Å². The minimum atomic E-state index is -3.88. The molecule has 100 valence electrons. The van der Waals surface area contributed by atoms with Gasteiger partial charge in [-0.25, -0.2) is 23.1 Å². The molecule has 0 spiro atoms. The lowest BCUT2D eigenvalue weighted by Gasteiger charge is -2.10. The molecule has 1 aromatic heterocycles. The lowest BCUT2D eigenvalue weighted by Crippen LogP contribution is -2.16. The van der Waals surface area contributed by atoms with Crippen molar-refractivity contribution >= 4 is 49.2 Å². The van der Waals surface area contributed by atoms with E-state index in [9.17, 15) is 8.42 Å². The second-order valence-electron chi connectivity index (χ2n) is 3.49. The molecule has 0 unspecified atom stereocenters. The number of aromatic nitrogens is 2. The zero-order chi connectivity index (χ0) is 14.0. The number of halogens is 2. The van der Waals surface area contributed by atoms with E-state index in [2.05, 4.69) is 30.6 Å². The third-order valence-corrected chi connectivity index (χ3v) is 4.83. The molecule has 0 bridgehead atoms. The van der Waals surface area contributed by atoms with Crippen molar-refractivity contribution in [3.63, 3.8) is 0 Å². The molecule has 19 heavy (non-hydrogen) atoms. The van der Waals surface area contributed by atoms with E-state index >= 15 is 0 Å². The highest BCUT2D eigenvalue weighted by Crippen LogP contribution is 2.32. The van der Waals surface area contributed by atoms with Crippen LogP contribution in [0.4, 0.5) is 11.6 Å². The molecule has 1 aromatic carbocycles. The maximum absolute atomic E-state index is 12.2. The molecular formula is C10H8BrClN4O2S. The van der Waals surface area contributed by atoms with Crippen molar-refractivity contribution in [3.8, 4) is 0 Å². The summed E-state index contributed by atoms with van der Waals surface area (Å²) >= 11 is 8.93. The minimum absolute atomic E-state index is 0.0343. The monoisotopic (exact) mass is 362 g/mol. The van der Waals surface area contributed by atoms with Crippen LogP contribution in [0.1, 0.15) is 0 Å². The predicted octanol–water partition coefficient (Wildman–Crippen LogP) is 2.28. The molecule has 0 atom stereocenters. The summed E-state index contributed by atoms with van der Waals surface area (Å²) in [6.45, 7) is 0. The summed E-state index contributed by atoms with van der Waals surface area (Å²) < 4.78 is 26.9. The first kappa shape index (κ1) is 14.0. The highest BCUT2D eigenvalue weighted by Gasteiger charge is 2.21. The van der Waals surface area contributed by atoms with Crippen molar-refractivity contribution in [1.82, 2.24) is 9.97 Å². The molecule has 0 radical (unpaired) electrons. The van der Waals surface area contributed by atoms with Gasteiger partial charge in [-0.3, -0.25) is 0 Å². The lowest BCUT2D eigenvalue weighted by molar-refractivity contribution is 0.600. The number of nitrogens with zero attached hydrogens (tertiary/aromatic N) is 2. The van der Waals surface area contributed by atoms with Gasteiger partial charge in [0.2, 0.25) is 5.95 Å². The Morgan fingerprint density at radius 1 is 1.26 bits per heavy atom. The summed E-state index contributed by atoms with van der Waals surface area (Å²) in [5, 5.41) is 0.218. The quantitative estimate of drug-likeness (QED) is 0.815. The molecule has 0 aliphatic rings. The number of hydrogen-bond donors (Lipinski definition) is 2. The highest BCUT2D eigenvalue weighted by atomic mass is 79.9. The normalized spacial score (nSPS) is 11.3. The molecule has 2 aromatic rings. The number of nitrogens with one attached hydrogen (secondary N) is 1. The zero-order valence-corrected chi connectivity index (χ0v) is 12.5. The van der Waals surface area contributed by atoms with Crippen LogP contribution in [-0.4, -0.2) is 18.4 Å². The van der Waals surface area contributed by atoms with E-state index in [-0.39, 0.29) is 26.0 Å². The fourth-order valence-corrected chi connectivity index (χ4v) is 3.56. The summed E-state index contributed by atoms with van der Waals surface area (Å²) in [4.78, 5) is 7.49. The van der Waals surface area contributed by atoms with Gasteiger partial charge in [-0.15, -0.1) is 0 Å². The van der Waals surface area contributed by atoms with Gasteiger partial charge in [0, 0.05) is 23.1 Å². The first-order valence-corrected chi connectivity index (χ1v) is 7.60. The largest absolute Gasteiger partial charge is 0.398 e. The molecule has 0 fully saturated rings. The van der Waals surface area contributed by atoms with Crippen molar-refractivity contribution in [3.05, 3.63) is 40.1 Å². The van der Waals surface area contributed by atoms with Crippen LogP contribution >= 0.6 is 27.5 Å². The maximum Gasteiger partial charge on any atom is 0.265 e. The van der Waals surface area contributed by atoms with Gasteiger partial charge in [0.05, 0.1) is 4.47 Å². The van der Waals surface area contributed by atoms with Crippen molar-refractivity contribution in [1.29, 1.82) is 0 Å². The second-order valence-corrected chi connectivity index (χ2v) is 6.37. The van der Waals surface area contributed by atoms with Gasteiger partial charge in [-0.1, -0.05) is 11.6 Å². The van der Waals surface area contributed by atoms with Crippen molar-refractivity contribution < 1.29 is 8.42 Å². The number of nitrogens with two attached hydrogens (primary N) is 1. The summed E-state index contributed by atoms with van der Waals surface area (Å²) in [6.07, 6.45) is 2.85. The molecule has 0 saturated carbocycles. The standard InChI is InChI=1S/C10H8BrClN4O2S/c11-9-7(13)4-6(12)5-8(9)19(17,18)16-10-14-2-1-3-15-10/h1-5H,13H2,(H,14,15,16). The predicted molar refractivity (Wildman–Crippen MR) is 76.4 cm³/mol. The SMILES string of the molecule is Nc1cc(Cl)cc(S(=O)(=O)Nc2ncccn2)c1Br. The van der Waals surface area contributed by atoms with Crippen molar-refractivity contribution in [2.24, 2.45) is 0 Å². The van der Waals surface area contributed by atoms with Gasteiger partial charge < -0.3 is 5.73 Å². The van der Waals surface area contributed by atoms with E-state index in [0.29, 0.717) is 0 Å². The molecule has 9 heteroatoms. The zero-order valence-electron chi connectivity index (χ0n) is 9.34. The van der Waals surface area contributed by atoms with Gasteiger partial charge in [0.15, 0.2) is 0 Å². The Morgan fingerprint density at radius 2 is 1.89 bits per heavy atom. The van der Waals surface area contributed by atoms with Crippen molar-refractivity contribution in [2.45, 2.75) is 4.90 Å². The summed E-state index contributed by atoms with van der Waals surface area (Å²) in [5.41, 5.74) is 5.88. The van der Waals surface area contributed by atoms with Crippen LogP contribution in [0.3, 0.4) is 0 Å². The topological polar surface area (TPSA) is 98.0 Å². The molecule has 0 aliphatic heterocycles. The fraction of sp³-hybridized carbons (Fsp3) is 0. The number of anilines is 2. The van der Waals surface area contributed by atoms with Crippen LogP contribution in [0.15, 0.2) is 40.0 Å². The molecule has 0 aliphatic carbocycles. The smallest absolute Gasteiger partial charge is 0.265 e. The second kappa shape index (κ2) is 5.32. The Morgan fingerprint density at radius 3 is 2.53 bits per heavy atom. The highest BCUT2D eigenvalue weighted by molar-refractivity contribution is 9.10. The number of sulfonamides is 1. The molecule has 2 rings (SSSR count). The molecule has 6 nitrogen and oxygen atoms in total. The molecule has 3 N–H and O–H groups in total. The summed E-state index contributed by atoms with van der Waals surface area (Å²) in [7, 11) is -3.88. The number of rotatable bonds is 3. The number of nitrogen functional groups attached to an aromatic ring is 1. The van der Waals surface area contributed by atoms with E-state index in [1.165, 1.54) is 24.5 Å². The third-order valence-electron chi connectivity index (χ3n) is 2.11. The van der Waals surface area contributed by atoms with E-state index in [1.54, 1.807) is 6.07 Å². The Kier molecular flexibility index (Phi) is 3.93. The molecule has 0 amide bonds. The first-order valence-electron chi connectivity index (χ1n) is 4.94. The summed E-state index contributed by atoms with van der Waals surface area (Å²) in [5.74, 6) is -0.0343. The maximum atomic E-state index is 12.2. The number of hydrogen-bond acceptors (Lipinski definition) is 5. The van der Waals surface area contributed by atoms with E-state index in [1.807, 2.05) is 0 Å². The lowest BCUT2D eigenvalue weighted by atomic mass is 10.3. The Bertz CT molecular complexity index is 709. The minimum Gasteiger partial charge on any atom is -0.398 e. The van der Waals surface area contributed by atoms with E-state index in [0.717, 1.165) is 0 Å². The van der Waals surface area contributed by atoms with Gasteiger partial charge in [-0.05, 0) is 34.1 Å². The molecular weight excluding hydrogens is 356 g/mol. The fourth-order valence-electron chi connectivity index (χ4n) is 1.31. The number of benzene rings is 1. The first-order chi connectivity index (χ1) is 8.90. The Labute approximate surface area is 123 Å². The van der Waals surface area contributed by atoms with Crippen LogP contribution in [0.5, 0.6) is 0 Å². The third kappa shape index (κ3) is 3.14. The molecule has 1 heterocycles. The summed E-state index contributed by atoms with van der Waals surface area (Å²) in [6, 6.07) is 4.31. The van der Waals surface area contributed by atoms with Gasteiger partial charge in [0.25, 0.3) is 10.0 Å². The Balaban J connectivity index is 2.46. The van der Waals surface area contributed by atoms with Gasteiger partial charge in [-0.2, -0.15) is 0 Å². The average Bonchev–Trinajstić information content (AvgIpc) is 2.34. The molecule has 0 saturated heterocycles. The average molecular weight is 364 g/mol. The van der Waals surface area contributed by atoms with E-state index < -0.39 is 10.0 Å². The van der Waals surface area contributed by atoms with Gasteiger partial charge in [0.1, 0.15) is 4.90 Å². The Hall–Kier alpha value is -1.38. The van der Waals surface area contributed by atoms with Crippen LogP contribution in [0, 0.1) is 0 Å². The van der Waals surface area contributed by atoms with Crippen LogP contribution in [-0.2, 0) is 10.0 Å². The van der Waals surface area contributed by atoms with Crippen LogP contribution in [0.2, 0.25) is 5.02 Å². The van der Waals surface area contributed by atoms with Crippen LogP contribution in [0.25, 0.3) is 0 Å².